The second-order valence-corrected chi connectivity index (χ2v) is 9.14. The Morgan fingerprint density at radius 2 is 1.35 bits per heavy atom. The van der Waals surface area contributed by atoms with E-state index in [2.05, 4.69) is 53.4 Å². The van der Waals surface area contributed by atoms with Crippen LogP contribution in [0.15, 0.2) is 103 Å². The lowest BCUT2D eigenvalue weighted by molar-refractivity contribution is -0.140. The third-order valence-corrected chi connectivity index (χ3v) is 6.35. The summed E-state index contributed by atoms with van der Waals surface area (Å²) < 4.78 is 4.78. The average Bonchev–Trinajstić information content (AvgIpc) is 2.95. The zero-order chi connectivity index (χ0) is 26.2. The molecule has 0 radical (unpaired) electrons. The number of carbonyl (C=O) groups excluding carboxylic acids is 2. The monoisotopic (exact) mass is 492 g/mol. The van der Waals surface area contributed by atoms with E-state index in [-0.39, 0.29) is 11.9 Å². The summed E-state index contributed by atoms with van der Waals surface area (Å²) in [6, 6.07) is 33.9. The van der Waals surface area contributed by atoms with Gasteiger partial charge in [0, 0.05) is 37.5 Å². The lowest BCUT2D eigenvalue weighted by Crippen LogP contribution is -2.30. The van der Waals surface area contributed by atoms with Crippen molar-refractivity contribution in [3.8, 4) is 11.1 Å². The molecule has 0 bridgehead atoms. The molecule has 4 aromatic rings. The van der Waals surface area contributed by atoms with Gasteiger partial charge >= 0.3 is 5.97 Å². The van der Waals surface area contributed by atoms with E-state index in [1.807, 2.05) is 68.7 Å². The van der Waals surface area contributed by atoms with Crippen molar-refractivity contribution in [2.75, 3.05) is 31.0 Å². The lowest BCUT2D eigenvalue weighted by atomic mass is 10.0. The van der Waals surface area contributed by atoms with Gasteiger partial charge in [0.15, 0.2) is 0 Å². The van der Waals surface area contributed by atoms with E-state index in [1.165, 1.54) is 7.11 Å². The first-order valence-electron chi connectivity index (χ1n) is 12.3. The second kappa shape index (κ2) is 12.0. The van der Waals surface area contributed by atoms with Gasteiger partial charge in [-0.1, -0.05) is 66.7 Å². The number of carbonyl (C=O) groups is 2. The Balaban J connectivity index is 1.59. The van der Waals surface area contributed by atoms with E-state index < -0.39 is 0 Å². The van der Waals surface area contributed by atoms with Crippen molar-refractivity contribution in [1.29, 1.82) is 0 Å². The number of aryl methyl sites for hydroxylation is 1. The van der Waals surface area contributed by atoms with Crippen LogP contribution in [0.3, 0.4) is 0 Å². The van der Waals surface area contributed by atoms with Gasteiger partial charge in [0.25, 0.3) is 5.91 Å². The summed E-state index contributed by atoms with van der Waals surface area (Å²) in [5.41, 5.74) is 6.85. The third-order valence-electron chi connectivity index (χ3n) is 6.35. The summed E-state index contributed by atoms with van der Waals surface area (Å²) in [6.45, 7) is 0.425. The number of esters is 1. The molecular weight excluding hydrogens is 460 g/mol. The van der Waals surface area contributed by atoms with Crippen molar-refractivity contribution < 1.29 is 14.3 Å². The van der Waals surface area contributed by atoms with Gasteiger partial charge in [-0.15, -0.1) is 0 Å². The summed E-state index contributed by atoms with van der Waals surface area (Å²) >= 11 is 0. The Morgan fingerprint density at radius 1 is 0.703 bits per heavy atom. The van der Waals surface area contributed by atoms with Crippen molar-refractivity contribution in [1.82, 2.24) is 0 Å². The van der Waals surface area contributed by atoms with Gasteiger partial charge in [0.1, 0.15) is 0 Å². The largest absolute Gasteiger partial charge is 0.469 e. The Hall–Kier alpha value is -4.38. The quantitative estimate of drug-likeness (QED) is 0.255. The topological polar surface area (TPSA) is 49.9 Å². The molecule has 188 valence electrons. The molecular formula is C32H32N2O3. The number of amides is 1. The molecule has 5 nitrogen and oxygen atoms in total. The normalized spacial score (nSPS) is 10.6. The fraction of sp³-hybridized carbons (Fsp3) is 0.188. The van der Waals surface area contributed by atoms with E-state index in [0.29, 0.717) is 24.9 Å². The molecule has 1 amide bonds. The van der Waals surface area contributed by atoms with Crippen molar-refractivity contribution in [3.05, 3.63) is 120 Å². The molecule has 4 rings (SSSR count). The summed E-state index contributed by atoms with van der Waals surface area (Å²) in [5, 5.41) is 0. The Morgan fingerprint density at radius 3 is 1.97 bits per heavy atom. The number of hydrogen-bond acceptors (Lipinski definition) is 4. The highest BCUT2D eigenvalue weighted by atomic mass is 16.5. The van der Waals surface area contributed by atoms with Crippen LogP contribution < -0.4 is 9.80 Å². The minimum Gasteiger partial charge on any atom is -0.469 e. The van der Waals surface area contributed by atoms with Crippen molar-refractivity contribution in [3.63, 3.8) is 0 Å². The molecule has 0 aliphatic carbocycles. The highest BCUT2D eigenvalue weighted by Crippen LogP contribution is 2.26. The van der Waals surface area contributed by atoms with Gasteiger partial charge in [-0.05, 0) is 65.1 Å². The summed E-state index contributed by atoms with van der Waals surface area (Å²) in [7, 11) is 5.45. The minimum absolute atomic E-state index is 0.0749. The maximum Gasteiger partial charge on any atom is 0.305 e. The van der Waals surface area contributed by atoms with Crippen LogP contribution in [0, 0.1) is 0 Å². The highest BCUT2D eigenvalue weighted by molar-refractivity contribution is 6.06. The van der Waals surface area contributed by atoms with Crippen LogP contribution in [-0.4, -0.2) is 33.1 Å². The molecule has 4 aromatic carbocycles. The van der Waals surface area contributed by atoms with Gasteiger partial charge < -0.3 is 14.5 Å². The molecule has 0 heterocycles. The van der Waals surface area contributed by atoms with E-state index in [4.69, 9.17) is 4.74 Å². The molecule has 0 spiro atoms. The van der Waals surface area contributed by atoms with Gasteiger partial charge in [-0.25, -0.2) is 0 Å². The molecule has 0 atom stereocenters. The van der Waals surface area contributed by atoms with Crippen molar-refractivity contribution in [2.24, 2.45) is 0 Å². The van der Waals surface area contributed by atoms with Crippen LogP contribution in [-0.2, 0) is 22.5 Å². The van der Waals surface area contributed by atoms with Gasteiger partial charge in [0.2, 0.25) is 0 Å². The zero-order valence-electron chi connectivity index (χ0n) is 21.6. The van der Waals surface area contributed by atoms with Gasteiger partial charge in [-0.3, -0.25) is 9.59 Å². The molecule has 5 heteroatoms. The number of methoxy groups -OCH3 is 1. The SMILES string of the molecule is COC(=O)CCc1cccc(N(Cc2ccc(-c3ccc(N(C)C)cc3)cc2)C(=O)c2ccccc2)c1. The number of nitrogens with zero attached hydrogens (tertiary/aromatic N) is 2. The first-order valence-corrected chi connectivity index (χ1v) is 12.3. The van der Waals surface area contributed by atoms with Gasteiger partial charge in [0.05, 0.1) is 13.7 Å². The van der Waals surface area contributed by atoms with Crippen LogP contribution in [0.25, 0.3) is 11.1 Å². The highest BCUT2D eigenvalue weighted by Gasteiger charge is 2.19. The van der Waals surface area contributed by atoms with Crippen LogP contribution in [0.1, 0.15) is 27.9 Å². The maximum absolute atomic E-state index is 13.6. The van der Waals surface area contributed by atoms with E-state index in [9.17, 15) is 9.59 Å². The summed E-state index contributed by atoms with van der Waals surface area (Å²) in [5.74, 6) is -0.326. The Labute approximate surface area is 218 Å². The average molecular weight is 493 g/mol. The van der Waals surface area contributed by atoms with Gasteiger partial charge in [-0.2, -0.15) is 0 Å². The first kappa shape index (κ1) is 25.7. The fourth-order valence-electron chi connectivity index (χ4n) is 4.18. The van der Waals surface area contributed by atoms with E-state index in [0.717, 1.165) is 33.6 Å². The lowest BCUT2D eigenvalue weighted by Gasteiger charge is -2.24. The molecule has 0 aliphatic heterocycles. The molecule has 0 fully saturated rings. The molecule has 0 aromatic heterocycles. The summed E-state index contributed by atoms with van der Waals surface area (Å²) in [4.78, 5) is 29.1. The van der Waals surface area contributed by atoms with Crippen LogP contribution in [0.4, 0.5) is 11.4 Å². The first-order chi connectivity index (χ1) is 17.9. The predicted molar refractivity (Wildman–Crippen MR) is 150 cm³/mol. The zero-order valence-corrected chi connectivity index (χ0v) is 21.6. The molecule has 37 heavy (non-hydrogen) atoms. The number of ether oxygens (including phenoxy) is 1. The minimum atomic E-state index is -0.251. The number of anilines is 2. The van der Waals surface area contributed by atoms with Crippen LogP contribution in [0.5, 0.6) is 0 Å². The molecule has 0 N–H and O–H groups in total. The second-order valence-electron chi connectivity index (χ2n) is 9.14. The number of rotatable bonds is 9. The van der Waals surface area contributed by atoms with Crippen molar-refractivity contribution >= 4 is 23.3 Å². The molecule has 0 aliphatic rings. The molecule has 0 saturated heterocycles. The summed E-state index contributed by atoms with van der Waals surface area (Å²) in [6.07, 6.45) is 0.846. The number of benzene rings is 4. The standard InChI is InChI=1S/C32H32N2O3/c1-33(2)29-19-17-27(18-20-29)26-15-12-25(13-16-26)23-34(32(36)28-9-5-4-6-10-28)30-11-7-8-24(22-30)14-21-31(35)37-3/h4-13,15-20,22H,14,21,23H2,1-3H3. The molecule has 0 unspecified atom stereocenters. The maximum atomic E-state index is 13.6. The van der Waals surface area contributed by atoms with Crippen molar-refractivity contribution in [2.45, 2.75) is 19.4 Å². The van der Waals surface area contributed by atoms with Crippen LogP contribution >= 0.6 is 0 Å². The fourth-order valence-corrected chi connectivity index (χ4v) is 4.18. The third kappa shape index (κ3) is 6.64. The Kier molecular flexibility index (Phi) is 8.37. The predicted octanol–water partition coefficient (Wildman–Crippen LogP) is 6.37. The van der Waals surface area contributed by atoms with Crippen LogP contribution in [0.2, 0.25) is 0 Å². The Bertz CT molecular complexity index is 1330. The number of hydrogen-bond donors (Lipinski definition) is 0. The van der Waals surface area contributed by atoms with E-state index >= 15 is 0 Å². The smallest absolute Gasteiger partial charge is 0.305 e. The molecule has 0 saturated carbocycles. The van der Waals surface area contributed by atoms with E-state index in [1.54, 1.807) is 4.90 Å².